The number of benzene rings is 2. The number of methoxy groups -OCH3 is 1. The van der Waals surface area contributed by atoms with Crippen molar-refractivity contribution in [3.8, 4) is 5.75 Å². The predicted octanol–water partition coefficient (Wildman–Crippen LogP) is 2.93. The van der Waals surface area contributed by atoms with Crippen LogP contribution >= 0.6 is 0 Å². The first-order valence-electron chi connectivity index (χ1n) is 6.44. The van der Waals surface area contributed by atoms with Gasteiger partial charge >= 0.3 is 0 Å². The van der Waals surface area contributed by atoms with E-state index in [4.69, 9.17) is 10.5 Å². The summed E-state index contributed by atoms with van der Waals surface area (Å²) >= 11 is 0. The Morgan fingerprint density at radius 2 is 1.95 bits per heavy atom. The van der Waals surface area contributed by atoms with Crippen molar-refractivity contribution in [3.63, 3.8) is 0 Å². The average Bonchev–Trinajstić information content (AvgIpc) is 2.48. The molecule has 4 heteroatoms. The fourth-order valence-electron chi connectivity index (χ4n) is 1.84. The highest BCUT2D eigenvalue weighted by Crippen LogP contribution is 2.24. The summed E-state index contributed by atoms with van der Waals surface area (Å²) in [5.41, 5.74) is 8.96. The first kappa shape index (κ1) is 13.9. The smallest absolute Gasteiger partial charge is 0.193 e. The lowest BCUT2D eigenvalue weighted by Gasteiger charge is -2.11. The highest BCUT2D eigenvalue weighted by atomic mass is 16.5. The molecule has 3 N–H and O–H groups in total. The number of nitrogens with zero attached hydrogens (tertiary/aromatic N) is 1. The zero-order valence-corrected chi connectivity index (χ0v) is 11.8. The van der Waals surface area contributed by atoms with E-state index in [9.17, 15) is 0 Å². The Kier molecular flexibility index (Phi) is 4.60. The van der Waals surface area contributed by atoms with Crippen LogP contribution in [0.25, 0.3) is 0 Å². The quantitative estimate of drug-likeness (QED) is 0.662. The number of hydrogen-bond donors (Lipinski definition) is 2. The van der Waals surface area contributed by atoms with Gasteiger partial charge in [0, 0.05) is 0 Å². The van der Waals surface area contributed by atoms with Crippen LogP contribution in [0.4, 0.5) is 5.69 Å². The fraction of sp³-hybridized carbons (Fsp3) is 0.188. The number of rotatable bonds is 4. The molecule has 0 aliphatic heterocycles. The van der Waals surface area contributed by atoms with E-state index >= 15 is 0 Å². The normalized spacial score (nSPS) is 11.2. The number of ether oxygens (including phenoxy) is 1. The maximum absolute atomic E-state index is 5.90. The number of guanidine groups is 1. The van der Waals surface area contributed by atoms with Gasteiger partial charge in [-0.3, -0.25) is 0 Å². The molecule has 0 bridgehead atoms. The SMILES string of the molecule is COc1cc(C)ccc1NC(N)=NCc1ccccc1. The zero-order valence-electron chi connectivity index (χ0n) is 11.8. The largest absolute Gasteiger partial charge is 0.495 e. The average molecular weight is 269 g/mol. The molecule has 0 heterocycles. The molecule has 0 aliphatic rings. The van der Waals surface area contributed by atoms with E-state index in [0.717, 1.165) is 22.6 Å². The van der Waals surface area contributed by atoms with E-state index < -0.39 is 0 Å². The third-order valence-corrected chi connectivity index (χ3v) is 2.89. The van der Waals surface area contributed by atoms with Crippen LogP contribution in [0, 0.1) is 6.92 Å². The van der Waals surface area contributed by atoms with E-state index in [0.29, 0.717) is 12.5 Å². The summed E-state index contributed by atoms with van der Waals surface area (Å²) in [7, 11) is 1.64. The van der Waals surface area contributed by atoms with Gasteiger partial charge in [-0.05, 0) is 30.2 Å². The number of aliphatic imine (C=N–C) groups is 1. The van der Waals surface area contributed by atoms with Gasteiger partial charge < -0.3 is 15.8 Å². The van der Waals surface area contributed by atoms with Gasteiger partial charge in [0.2, 0.25) is 0 Å². The summed E-state index contributed by atoms with van der Waals surface area (Å²) in [6, 6.07) is 15.9. The third-order valence-electron chi connectivity index (χ3n) is 2.89. The molecule has 0 amide bonds. The lowest BCUT2D eigenvalue weighted by atomic mass is 10.2. The summed E-state index contributed by atoms with van der Waals surface area (Å²) in [6.45, 7) is 2.56. The summed E-state index contributed by atoms with van der Waals surface area (Å²) in [4.78, 5) is 4.32. The molecule has 0 saturated carbocycles. The Balaban J connectivity index is 2.06. The number of anilines is 1. The Morgan fingerprint density at radius 1 is 1.20 bits per heavy atom. The standard InChI is InChI=1S/C16H19N3O/c1-12-8-9-14(15(10-12)20-2)19-16(17)18-11-13-6-4-3-5-7-13/h3-10H,11H2,1-2H3,(H3,17,18,19). The first-order valence-corrected chi connectivity index (χ1v) is 6.44. The first-order chi connectivity index (χ1) is 9.69. The minimum Gasteiger partial charge on any atom is -0.495 e. The van der Waals surface area contributed by atoms with Crippen molar-refractivity contribution in [2.75, 3.05) is 12.4 Å². The van der Waals surface area contributed by atoms with E-state index in [2.05, 4.69) is 10.3 Å². The number of hydrogen-bond acceptors (Lipinski definition) is 2. The van der Waals surface area contributed by atoms with Gasteiger partial charge in [-0.2, -0.15) is 0 Å². The van der Waals surface area contributed by atoms with Gasteiger partial charge in [-0.1, -0.05) is 36.4 Å². The summed E-state index contributed by atoms with van der Waals surface area (Å²) in [6.07, 6.45) is 0. The van der Waals surface area contributed by atoms with Crippen LogP contribution in [-0.2, 0) is 6.54 Å². The van der Waals surface area contributed by atoms with Gasteiger partial charge in [0.1, 0.15) is 5.75 Å². The molecule has 4 nitrogen and oxygen atoms in total. The van der Waals surface area contributed by atoms with Crippen molar-refractivity contribution in [2.24, 2.45) is 10.7 Å². The fourth-order valence-corrected chi connectivity index (χ4v) is 1.84. The monoisotopic (exact) mass is 269 g/mol. The molecule has 0 spiro atoms. The Morgan fingerprint density at radius 3 is 2.65 bits per heavy atom. The molecule has 0 aromatic heterocycles. The second-order valence-corrected chi connectivity index (χ2v) is 4.52. The van der Waals surface area contributed by atoms with Crippen molar-refractivity contribution < 1.29 is 4.74 Å². The topological polar surface area (TPSA) is 59.6 Å². The minimum absolute atomic E-state index is 0.371. The maximum Gasteiger partial charge on any atom is 0.193 e. The van der Waals surface area contributed by atoms with Crippen molar-refractivity contribution in [1.29, 1.82) is 0 Å². The van der Waals surface area contributed by atoms with Crippen molar-refractivity contribution >= 4 is 11.6 Å². The number of nitrogens with one attached hydrogen (secondary N) is 1. The second kappa shape index (κ2) is 6.61. The molecule has 2 aromatic rings. The van der Waals surface area contributed by atoms with Crippen LogP contribution in [0.1, 0.15) is 11.1 Å². The van der Waals surface area contributed by atoms with Crippen molar-refractivity contribution in [2.45, 2.75) is 13.5 Å². The molecular weight excluding hydrogens is 250 g/mol. The Labute approximate surface area is 119 Å². The van der Waals surface area contributed by atoms with E-state index in [1.165, 1.54) is 0 Å². The molecule has 0 radical (unpaired) electrons. The number of nitrogens with two attached hydrogens (primary N) is 1. The van der Waals surface area contributed by atoms with Gasteiger partial charge in [-0.15, -0.1) is 0 Å². The summed E-state index contributed by atoms with van der Waals surface area (Å²) in [5, 5.41) is 3.06. The van der Waals surface area contributed by atoms with Crippen molar-refractivity contribution in [3.05, 3.63) is 59.7 Å². The molecule has 0 fully saturated rings. The Hall–Kier alpha value is -2.49. The molecular formula is C16H19N3O. The van der Waals surface area contributed by atoms with E-state index in [1.807, 2.05) is 55.5 Å². The molecule has 2 aromatic carbocycles. The van der Waals surface area contributed by atoms with Crippen LogP contribution in [0.2, 0.25) is 0 Å². The third kappa shape index (κ3) is 3.75. The van der Waals surface area contributed by atoms with Crippen molar-refractivity contribution in [1.82, 2.24) is 0 Å². The summed E-state index contributed by atoms with van der Waals surface area (Å²) in [5.74, 6) is 1.12. The van der Waals surface area contributed by atoms with Gasteiger partial charge in [-0.25, -0.2) is 4.99 Å². The van der Waals surface area contributed by atoms with Crippen LogP contribution in [0.5, 0.6) is 5.75 Å². The molecule has 2 rings (SSSR count). The lowest BCUT2D eigenvalue weighted by molar-refractivity contribution is 0.416. The van der Waals surface area contributed by atoms with Gasteiger partial charge in [0.25, 0.3) is 0 Å². The van der Waals surface area contributed by atoms with Crippen LogP contribution in [0.3, 0.4) is 0 Å². The molecule has 104 valence electrons. The van der Waals surface area contributed by atoms with Gasteiger partial charge in [0.15, 0.2) is 5.96 Å². The zero-order chi connectivity index (χ0) is 14.4. The van der Waals surface area contributed by atoms with E-state index in [1.54, 1.807) is 7.11 Å². The van der Waals surface area contributed by atoms with E-state index in [-0.39, 0.29) is 0 Å². The Bertz CT molecular complexity index is 594. The van der Waals surface area contributed by atoms with Crippen LogP contribution in [0.15, 0.2) is 53.5 Å². The second-order valence-electron chi connectivity index (χ2n) is 4.52. The molecule has 0 unspecified atom stereocenters. The summed E-state index contributed by atoms with van der Waals surface area (Å²) < 4.78 is 5.32. The molecule has 20 heavy (non-hydrogen) atoms. The molecule has 0 saturated heterocycles. The maximum atomic E-state index is 5.90. The molecule has 0 aliphatic carbocycles. The lowest BCUT2D eigenvalue weighted by Crippen LogP contribution is -2.23. The highest BCUT2D eigenvalue weighted by Gasteiger charge is 2.03. The number of aryl methyl sites for hydroxylation is 1. The predicted molar refractivity (Wildman–Crippen MR) is 83.1 cm³/mol. The van der Waals surface area contributed by atoms with Crippen LogP contribution < -0.4 is 15.8 Å². The van der Waals surface area contributed by atoms with Gasteiger partial charge in [0.05, 0.1) is 19.3 Å². The minimum atomic E-state index is 0.371. The highest BCUT2D eigenvalue weighted by molar-refractivity contribution is 5.93. The van der Waals surface area contributed by atoms with Crippen LogP contribution in [-0.4, -0.2) is 13.1 Å². The molecule has 0 atom stereocenters.